The van der Waals surface area contributed by atoms with Gasteiger partial charge in [-0.3, -0.25) is 4.98 Å². The molecule has 0 aliphatic heterocycles. The number of rotatable bonds is 6. The summed E-state index contributed by atoms with van der Waals surface area (Å²) in [5.41, 5.74) is 13.1. The van der Waals surface area contributed by atoms with E-state index in [1.54, 1.807) is 6.20 Å². The highest BCUT2D eigenvalue weighted by Gasteiger charge is 2.17. The van der Waals surface area contributed by atoms with Gasteiger partial charge in [-0.2, -0.15) is 0 Å². The maximum atomic E-state index is 6.37. The third kappa shape index (κ3) is 4.28. The Labute approximate surface area is 193 Å². The zero-order valence-corrected chi connectivity index (χ0v) is 18.7. The maximum Gasteiger partial charge on any atom is 0.169 e. The van der Waals surface area contributed by atoms with Crippen molar-refractivity contribution in [2.24, 2.45) is 0 Å². The van der Waals surface area contributed by atoms with Gasteiger partial charge in [0.2, 0.25) is 0 Å². The second-order valence-electron chi connectivity index (χ2n) is 8.31. The smallest absolute Gasteiger partial charge is 0.169 e. The molecule has 0 aliphatic rings. The predicted octanol–water partition coefficient (Wildman–Crippen LogP) is 5.79. The molecule has 3 aromatic heterocycles. The molecule has 0 amide bonds. The first-order chi connectivity index (χ1) is 16.1. The predicted molar refractivity (Wildman–Crippen MR) is 135 cm³/mol. The number of aromatic nitrogens is 4. The first-order valence-electron chi connectivity index (χ1n) is 11.1. The molecule has 0 saturated carbocycles. The third-order valence-electron chi connectivity index (χ3n) is 5.81. The molecule has 33 heavy (non-hydrogen) atoms. The van der Waals surface area contributed by atoms with Crippen LogP contribution < -0.4 is 11.1 Å². The lowest BCUT2D eigenvalue weighted by atomic mass is 10.0. The monoisotopic (exact) mass is 434 g/mol. The Bertz CT molecular complexity index is 1410. The lowest BCUT2D eigenvalue weighted by Gasteiger charge is -2.16. The van der Waals surface area contributed by atoms with Gasteiger partial charge in [-0.15, -0.1) is 0 Å². The molecule has 2 aromatic carbocycles. The van der Waals surface area contributed by atoms with E-state index in [0.29, 0.717) is 18.2 Å². The largest absolute Gasteiger partial charge is 0.381 e. The van der Waals surface area contributed by atoms with E-state index in [0.717, 1.165) is 39.1 Å². The van der Waals surface area contributed by atoms with Gasteiger partial charge in [-0.1, -0.05) is 49.4 Å². The van der Waals surface area contributed by atoms with Crippen LogP contribution in [0.5, 0.6) is 0 Å². The summed E-state index contributed by atoms with van der Waals surface area (Å²) < 4.78 is 0. The van der Waals surface area contributed by atoms with Crippen LogP contribution in [0.1, 0.15) is 24.2 Å². The Kier molecular flexibility index (Phi) is 5.48. The average Bonchev–Trinajstić information content (AvgIpc) is 3.29. The minimum absolute atomic E-state index is 0.267. The van der Waals surface area contributed by atoms with Gasteiger partial charge in [0.05, 0.1) is 16.9 Å². The van der Waals surface area contributed by atoms with Crippen LogP contribution >= 0.6 is 0 Å². The van der Waals surface area contributed by atoms with Crippen LogP contribution in [0.15, 0.2) is 79.0 Å². The highest BCUT2D eigenvalue weighted by molar-refractivity contribution is 5.88. The molecule has 0 saturated heterocycles. The number of fused-ring (bicyclic) bond motifs is 1. The molecular weight excluding hydrogens is 408 g/mol. The number of hydrogen-bond acceptors (Lipinski definition) is 5. The minimum Gasteiger partial charge on any atom is -0.381 e. The number of aromatic amines is 1. The molecule has 5 aromatic rings. The Morgan fingerprint density at radius 1 is 0.909 bits per heavy atom. The maximum absolute atomic E-state index is 6.37. The van der Waals surface area contributed by atoms with Crippen LogP contribution in [0.25, 0.3) is 33.4 Å². The van der Waals surface area contributed by atoms with Crippen LogP contribution in [-0.2, 0) is 0 Å². The molecule has 0 fully saturated rings. The molecule has 5 rings (SSSR count). The number of H-pyrrole nitrogens is 1. The lowest BCUT2D eigenvalue weighted by molar-refractivity contribution is 0.773. The lowest BCUT2D eigenvalue weighted by Crippen LogP contribution is -2.14. The Balaban J connectivity index is 1.55. The summed E-state index contributed by atoms with van der Waals surface area (Å²) in [5, 5.41) is 4.47. The zero-order chi connectivity index (χ0) is 22.8. The van der Waals surface area contributed by atoms with Gasteiger partial charge in [0, 0.05) is 46.6 Å². The molecule has 0 aliphatic carbocycles. The van der Waals surface area contributed by atoms with Gasteiger partial charge < -0.3 is 16.0 Å². The number of nitrogen functional groups attached to an aromatic ring is 1. The van der Waals surface area contributed by atoms with Crippen molar-refractivity contribution in [2.45, 2.75) is 19.8 Å². The van der Waals surface area contributed by atoms with Crippen molar-refractivity contribution in [1.82, 2.24) is 19.9 Å². The molecular formula is C27H26N6. The fourth-order valence-electron chi connectivity index (χ4n) is 3.97. The highest BCUT2D eigenvalue weighted by atomic mass is 15.1. The van der Waals surface area contributed by atoms with Crippen LogP contribution in [0.3, 0.4) is 0 Å². The molecule has 164 valence electrons. The number of nitrogens with one attached hydrogen (secondary N) is 2. The number of hydrogen-bond donors (Lipinski definition) is 3. The van der Waals surface area contributed by atoms with E-state index in [2.05, 4.69) is 53.4 Å². The van der Waals surface area contributed by atoms with Crippen molar-refractivity contribution in [3.05, 3.63) is 90.4 Å². The molecule has 6 nitrogen and oxygen atoms in total. The van der Waals surface area contributed by atoms with Gasteiger partial charge in [-0.25, -0.2) is 9.97 Å². The molecule has 0 spiro atoms. The van der Waals surface area contributed by atoms with E-state index in [1.807, 2.05) is 48.5 Å². The van der Waals surface area contributed by atoms with Crippen molar-refractivity contribution in [3.63, 3.8) is 0 Å². The molecule has 1 unspecified atom stereocenters. The van der Waals surface area contributed by atoms with Crippen molar-refractivity contribution in [3.8, 4) is 22.5 Å². The van der Waals surface area contributed by atoms with Crippen molar-refractivity contribution < 1.29 is 0 Å². The Morgan fingerprint density at radius 3 is 2.52 bits per heavy atom. The summed E-state index contributed by atoms with van der Waals surface area (Å²) in [4.78, 5) is 17.6. The molecule has 3 heterocycles. The molecule has 4 N–H and O–H groups in total. The van der Waals surface area contributed by atoms with Crippen molar-refractivity contribution >= 4 is 22.5 Å². The highest BCUT2D eigenvalue weighted by Crippen LogP contribution is 2.33. The molecule has 0 radical (unpaired) electrons. The number of nitrogens with two attached hydrogens (primary N) is 1. The van der Waals surface area contributed by atoms with E-state index in [-0.39, 0.29) is 5.92 Å². The number of nitrogens with zero attached hydrogens (tertiary/aromatic N) is 3. The van der Waals surface area contributed by atoms with Gasteiger partial charge in [-0.05, 0) is 37.3 Å². The van der Waals surface area contributed by atoms with Gasteiger partial charge in [0.15, 0.2) is 11.6 Å². The minimum atomic E-state index is 0.267. The van der Waals surface area contributed by atoms with Crippen molar-refractivity contribution in [2.75, 3.05) is 17.6 Å². The number of aryl methyl sites for hydroxylation is 1. The molecule has 0 bridgehead atoms. The van der Waals surface area contributed by atoms with E-state index in [1.165, 1.54) is 5.69 Å². The fraction of sp³-hybridized carbons (Fsp3) is 0.148. The second-order valence-corrected chi connectivity index (χ2v) is 8.31. The topological polar surface area (TPSA) is 92.5 Å². The fourth-order valence-corrected chi connectivity index (χ4v) is 3.97. The summed E-state index contributed by atoms with van der Waals surface area (Å²) in [6.45, 7) is 4.91. The number of anilines is 2. The third-order valence-corrected chi connectivity index (χ3v) is 5.81. The van der Waals surface area contributed by atoms with Crippen LogP contribution in [0.4, 0.5) is 11.6 Å². The summed E-state index contributed by atoms with van der Waals surface area (Å²) in [7, 11) is 0. The Morgan fingerprint density at radius 2 is 1.73 bits per heavy atom. The zero-order valence-electron chi connectivity index (χ0n) is 18.7. The normalized spacial score (nSPS) is 12.1. The number of benzene rings is 2. The van der Waals surface area contributed by atoms with Crippen LogP contribution in [0, 0.1) is 6.92 Å². The molecule has 1 atom stereocenters. The van der Waals surface area contributed by atoms with Gasteiger partial charge in [0.25, 0.3) is 0 Å². The van der Waals surface area contributed by atoms with Gasteiger partial charge >= 0.3 is 0 Å². The standard InChI is InChI=1S/C27H26N6/c1-17(22-12-10-18(2)31-22)16-30-27-26(28)32-24(19-7-4-3-5-8-19)25(33-27)21-11-13-23-20(15-21)9-6-14-29-23/h3-15,17,31H,16H2,1-2H3,(H2,28,32)(H,30,33). The summed E-state index contributed by atoms with van der Waals surface area (Å²) in [6, 6.07) is 24.4. The van der Waals surface area contributed by atoms with Crippen LogP contribution in [0.2, 0.25) is 0 Å². The summed E-state index contributed by atoms with van der Waals surface area (Å²) >= 11 is 0. The van der Waals surface area contributed by atoms with Crippen LogP contribution in [-0.4, -0.2) is 26.5 Å². The van der Waals surface area contributed by atoms with E-state index >= 15 is 0 Å². The summed E-state index contributed by atoms with van der Waals surface area (Å²) in [6.07, 6.45) is 1.80. The summed E-state index contributed by atoms with van der Waals surface area (Å²) in [5.74, 6) is 1.24. The van der Waals surface area contributed by atoms with E-state index in [4.69, 9.17) is 15.7 Å². The Hall–Kier alpha value is -4.19. The van der Waals surface area contributed by atoms with Crippen molar-refractivity contribution in [1.29, 1.82) is 0 Å². The van der Waals surface area contributed by atoms with E-state index < -0.39 is 0 Å². The second kappa shape index (κ2) is 8.74. The van der Waals surface area contributed by atoms with Gasteiger partial charge in [0.1, 0.15) is 0 Å². The number of pyridine rings is 1. The quantitative estimate of drug-likeness (QED) is 0.314. The first kappa shape index (κ1) is 20.7. The average molecular weight is 435 g/mol. The SMILES string of the molecule is Cc1ccc(C(C)CNc2nc(-c3ccc4ncccc4c3)c(-c3ccccc3)nc2N)[nH]1. The molecule has 6 heteroatoms. The first-order valence-corrected chi connectivity index (χ1v) is 11.1. The van der Waals surface area contributed by atoms with E-state index in [9.17, 15) is 0 Å².